The van der Waals surface area contributed by atoms with Crippen molar-refractivity contribution in [1.29, 1.82) is 0 Å². The summed E-state index contributed by atoms with van der Waals surface area (Å²) < 4.78 is 62.8. The molecule has 16 nitrogen and oxygen atoms in total. The monoisotopic (exact) mass is 1070 g/mol. The van der Waals surface area contributed by atoms with Crippen molar-refractivity contribution in [3.63, 3.8) is 0 Å². The molecule has 2 aliphatic heterocycles. The molecule has 7 fully saturated rings. The number of nitrogens with zero attached hydrogens (tertiary/aromatic N) is 5. The fourth-order valence-corrected chi connectivity index (χ4v) is 15.8. The Morgan fingerprint density at radius 2 is 1.70 bits per heavy atom. The first kappa shape index (κ1) is 51.2. The molecule has 1 spiro atoms. The number of fused-ring (bicyclic) bond motifs is 1. The molecule has 3 N–H and O–H groups in total. The predicted octanol–water partition coefficient (Wildman–Crippen LogP) is 10.6. The molecule has 4 aromatic carbocycles. The van der Waals surface area contributed by atoms with Gasteiger partial charge >= 0.3 is 0 Å². The van der Waals surface area contributed by atoms with E-state index in [9.17, 15) is 27.7 Å². The van der Waals surface area contributed by atoms with Gasteiger partial charge in [0, 0.05) is 94.4 Å². The van der Waals surface area contributed by atoms with Crippen LogP contribution in [0.4, 0.5) is 21.5 Å². The summed E-state index contributed by atoms with van der Waals surface area (Å²) in [6.45, 7) is 10.3. The molecule has 5 saturated carbocycles. The summed E-state index contributed by atoms with van der Waals surface area (Å²) in [7, 11) is -1.17. The Balaban J connectivity index is 0.752. The van der Waals surface area contributed by atoms with Crippen LogP contribution in [0.2, 0.25) is 0 Å². The third-order valence-corrected chi connectivity index (χ3v) is 19.4. The Hall–Kier alpha value is -6.60. The lowest BCUT2D eigenvalue weighted by molar-refractivity contribution is -0.384. The lowest BCUT2D eigenvalue weighted by atomic mass is 9.48. The highest BCUT2D eigenvalue weighted by Gasteiger charge is 2.58. The first-order valence-corrected chi connectivity index (χ1v) is 28.5. The molecule has 4 bridgehead atoms. The number of aromatic nitrogens is 2. The van der Waals surface area contributed by atoms with Crippen molar-refractivity contribution >= 4 is 44.0 Å². The van der Waals surface area contributed by atoms with Gasteiger partial charge in [0.25, 0.3) is 21.6 Å². The van der Waals surface area contributed by atoms with E-state index in [-0.39, 0.29) is 50.6 Å². The minimum Gasteiger partial charge on any atom is -0.497 e. The highest BCUT2D eigenvalue weighted by molar-refractivity contribution is 7.90. The Morgan fingerprint density at radius 1 is 0.935 bits per heavy atom. The zero-order valence-electron chi connectivity index (χ0n) is 44.1. The topological polar surface area (TPSA) is 184 Å². The summed E-state index contributed by atoms with van der Waals surface area (Å²) in [5.74, 6) is 0.975. The molecule has 1 amide bonds. The van der Waals surface area contributed by atoms with Gasteiger partial charge in [0.05, 0.1) is 39.7 Å². The number of methoxy groups -OCH3 is 2. The molecule has 2 unspecified atom stereocenters. The number of rotatable bonds is 17. The van der Waals surface area contributed by atoms with Gasteiger partial charge in [-0.2, -0.15) is 0 Å². The fraction of sp³-hybridized carbons (Fsp3) is 0.458. The van der Waals surface area contributed by atoms with Gasteiger partial charge in [-0.05, 0) is 134 Å². The first-order chi connectivity index (χ1) is 37.0. The number of H-pyrrole nitrogens is 1. The number of sulfonamides is 1. The number of hydrogen-bond donors (Lipinski definition) is 3. The Morgan fingerprint density at radius 3 is 2.43 bits per heavy atom. The predicted molar refractivity (Wildman–Crippen MR) is 292 cm³/mol. The molecule has 13 rings (SSSR count). The van der Waals surface area contributed by atoms with Crippen molar-refractivity contribution in [2.45, 2.75) is 100 Å². The molecule has 77 heavy (non-hydrogen) atoms. The number of ether oxygens (including phenoxy) is 3. The number of piperazine rings is 1. The number of carbonyl (C=O) groups excluding carboxylic acids is 1. The number of carbonyl (C=O) groups is 1. The van der Waals surface area contributed by atoms with E-state index in [0.29, 0.717) is 36.0 Å². The minimum atomic E-state index is -4.65. The first-order valence-electron chi connectivity index (χ1n) is 27.0. The van der Waals surface area contributed by atoms with Gasteiger partial charge in [0.1, 0.15) is 34.4 Å². The van der Waals surface area contributed by atoms with Crippen LogP contribution in [0.3, 0.4) is 0 Å². The van der Waals surface area contributed by atoms with Crippen molar-refractivity contribution in [3.8, 4) is 17.2 Å². The van der Waals surface area contributed by atoms with Gasteiger partial charge in [0.15, 0.2) is 0 Å². The molecule has 2 aromatic heterocycles. The van der Waals surface area contributed by atoms with Crippen molar-refractivity contribution < 1.29 is 36.7 Å². The molecular weight excluding hydrogens is 1000 g/mol. The summed E-state index contributed by atoms with van der Waals surface area (Å²) >= 11 is 0. The van der Waals surface area contributed by atoms with E-state index in [1.54, 1.807) is 26.4 Å². The van der Waals surface area contributed by atoms with E-state index in [1.165, 1.54) is 59.8 Å². The average molecular weight is 1070 g/mol. The van der Waals surface area contributed by atoms with E-state index in [0.717, 1.165) is 102 Å². The van der Waals surface area contributed by atoms with Crippen LogP contribution in [-0.2, 0) is 21.3 Å². The Kier molecular flexibility index (Phi) is 13.1. The van der Waals surface area contributed by atoms with Crippen LogP contribution >= 0.6 is 0 Å². The molecule has 5 aliphatic carbocycles. The van der Waals surface area contributed by atoms with Crippen molar-refractivity contribution in [1.82, 2.24) is 24.5 Å². The highest BCUT2D eigenvalue weighted by atomic mass is 32.2. The quantitative estimate of drug-likeness (QED) is 0.0580. The van der Waals surface area contributed by atoms with E-state index in [2.05, 4.69) is 85.0 Å². The second kappa shape index (κ2) is 19.7. The fourth-order valence-electron chi connectivity index (χ4n) is 14.8. The van der Waals surface area contributed by atoms with E-state index >= 15 is 0 Å². The molecule has 6 aromatic rings. The second-order valence-electron chi connectivity index (χ2n) is 23.6. The smallest absolute Gasteiger partial charge is 0.293 e. The van der Waals surface area contributed by atoms with Gasteiger partial charge in [-0.15, -0.1) is 0 Å². The number of hydrogen-bond acceptors (Lipinski definition) is 13. The van der Waals surface area contributed by atoms with Gasteiger partial charge in [-0.3, -0.25) is 24.7 Å². The Bertz CT molecular complexity index is 3340. The van der Waals surface area contributed by atoms with Crippen molar-refractivity contribution in [3.05, 3.63) is 142 Å². The van der Waals surface area contributed by atoms with Gasteiger partial charge in [0.2, 0.25) is 0 Å². The van der Waals surface area contributed by atoms with Crippen LogP contribution in [0.15, 0.2) is 108 Å². The number of halogens is 1. The maximum atomic E-state index is 14.8. The Labute approximate surface area is 448 Å². The van der Waals surface area contributed by atoms with Crippen LogP contribution < -0.4 is 24.4 Å². The van der Waals surface area contributed by atoms with Gasteiger partial charge < -0.3 is 29.4 Å². The summed E-state index contributed by atoms with van der Waals surface area (Å²) in [5, 5.41) is 16.0. The lowest BCUT2D eigenvalue weighted by Gasteiger charge is -2.63. The van der Waals surface area contributed by atoms with Crippen molar-refractivity contribution in [2.24, 2.45) is 22.7 Å². The number of aromatic amines is 1. The van der Waals surface area contributed by atoms with Crippen LogP contribution in [0, 0.1) is 38.6 Å². The maximum Gasteiger partial charge on any atom is 0.293 e. The van der Waals surface area contributed by atoms with Crippen LogP contribution in [0.5, 0.6) is 17.2 Å². The molecular formula is C59H67FN8O8S. The molecule has 2 saturated heterocycles. The minimum absolute atomic E-state index is 0.0318. The highest BCUT2D eigenvalue weighted by Crippen LogP contribution is 2.63. The van der Waals surface area contributed by atoms with E-state index < -0.39 is 37.3 Å². The maximum absolute atomic E-state index is 14.8. The normalized spacial score (nSPS) is 25.0. The van der Waals surface area contributed by atoms with Crippen LogP contribution in [0.1, 0.15) is 104 Å². The van der Waals surface area contributed by atoms with Crippen LogP contribution in [0.25, 0.3) is 11.0 Å². The molecule has 0 radical (unpaired) electrons. The third-order valence-electron chi connectivity index (χ3n) is 18.1. The number of nitro benzene ring substituents is 1. The number of anilines is 2. The number of amides is 1. The number of pyridine rings is 1. The number of nitro groups is 1. The molecule has 18 heteroatoms. The average Bonchev–Trinajstić information content (AvgIpc) is 3.90. The zero-order chi connectivity index (χ0) is 53.4. The standard InChI is InChI=1S/C59H67FN8O8S/c1-37(2)46-7-5-6-8-47(46)53-32-65(31-38-9-12-43(74-3)13-10-38)17-18-67(53)42-27-58(28-42)35-66(36-58)41-11-15-48(54(20-41)76-44-21-49-50(60)30-62-55(49)61-29-44)56(69)64-77(72,73)45-14-16-51(52(22-45)68(70)71)63-34-57-23-39-19-40(24-57)26-59(25-39,33-57)75-4/h5-16,20-22,29-30,37,39-40,42,53,63H,17-19,23-28,31-36H2,1-4H3,(H,61,62)(H,64,69)/t39?,40?,53-,57?,59?/m0/s1. The SMILES string of the molecule is COc1ccc(CN2CCN(C3CC4(C3)CN(c3ccc(C(=O)NS(=O)(=O)c5ccc(NCC67CC8CC(C6)CC(OC)(C8)C7)c([N+](=O)[O-])c5)c(Oc5cnc6[nH]cc(F)c6c5)c3)C4)[C@H](c3ccccc3C(C)C)C2)cc1. The van der Waals surface area contributed by atoms with E-state index in [1.807, 2.05) is 12.1 Å². The summed E-state index contributed by atoms with van der Waals surface area (Å²) in [4.78, 5) is 40.3. The molecule has 4 heterocycles. The lowest BCUT2D eigenvalue weighted by Crippen LogP contribution is -2.68. The third kappa shape index (κ3) is 9.80. The van der Waals surface area contributed by atoms with Gasteiger partial charge in [-0.25, -0.2) is 22.5 Å². The largest absolute Gasteiger partial charge is 0.497 e. The van der Waals surface area contributed by atoms with Crippen LogP contribution in [-0.4, -0.2) is 104 Å². The molecule has 404 valence electrons. The number of benzene rings is 4. The molecule has 3 atom stereocenters. The number of nitrogens with one attached hydrogen (secondary N) is 3. The van der Waals surface area contributed by atoms with Gasteiger partial charge in [-0.1, -0.05) is 50.2 Å². The molecule has 7 aliphatic rings. The van der Waals surface area contributed by atoms with Crippen molar-refractivity contribution in [2.75, 3.05) is 63.7 Å². The summed E-state index contributed by atoms with van der Waals surface area (Å²) in [6.07, 6.45) is 10.9. The zero-order valence-corrected chi connectivity index (χ0v) is 44.9. The summed E-state index contributed by atoms with van der Waals surface area (Å²) in [5.41, 5.74) is 4.68. The second-order valence-corrected chi connectivity index (χ2v) is 25.3. The summed E-state index contributed by atoms with van der Waals surface area (Å²) in [6, 6.07) is 28.0. The van der Waals surface area contributed by atoms with E-state index in [4.69, 9.17) is 14.2 Å².